The molecule has 0 rings (SSSR count). The van der Waals surface area contributed by atoms with E-state index in [2.05, 4.69) is 12.6 Å². The Balaban J connectivity index is 0. The standard InChI is InChI=1S/C3H4O2.2CH3.Ca/c1-2-3(4)5;;;/h2H,1H2,(H,4,5);2*1H3;. The van der Waals surface area contributed by atoms with E-state index in [1.54, 1.807) is 0 Å². The molecule has 0 fully saturated rings. The Hall–Kier alpha value is 0.470. The minimum atomic E-state index is -0.981. The van der Waals surface area contributed by atoms with Crippen molar-refractivity contribution in [3.05, 3.63) is 12.7 Å². The van der Waals surface area contributed by atoms with Crippen LogP contribution < -0.4 is 0 Å². The van der Waals surface area contributed by atoms with Crippen molar-refractivity contribution in [2.45, 2.75) is 6.04 Å². The molecule has 0 aromatic heterocycles. The van der Waals surface area contributed by atoms with Gasteiger partial charge in [0.15, 0.2) is 0 Å². The van der Waals surface area contributed by atoms with E-state index in [1.807, 2.05) is 0 Å². The molecule has 0 saturated carbocycles. The summed E-state index contributed by atoms with van der Waals surface area (Å²) < 4.78 is 4.62. The fourth-order valence-corrected chi connectivity index (χ4v) is 0. The third kappa shape index (κ3) is 31.7. The van der Waals surface area contributed by atoms with Gasteiger partial charge in [0.1, 0.15) is 0 Å². The fourth-order valence-electron chi connectivity index (χ4n) is 0. The van der Waals surface area contributed by atoms with Crippen molar-refractivity contribution in [2.24, 2.45) is 0 Å². The van der Waals surface area contributed by atoms with Gasteiger partial charge in [-0.1, -0.05) is 6.58 Å². The molecule has 0 aromatic carbocycles. The normalized spacial score (nSPS) is 5.25. The number of aliphatic carboxylic acids is 1. The van der Waals surface area contributed by atoms with E-state index in [-0.39, 0.29) is 33.8 Å². The van der Waals surface area contributed by atoms with Gasteiger partial charge in [0.25, 0.3) is 0 Å². The van der Waals surface area contributed by atoms with Crippen molar-refractivity contribution in [3.8, 4) is 0 Å². The molecular formula is C5H10CaO2. The van der Waals surface area contributed by atoms with Crippen LogP contribution in [0.15, 0.2) is 12.7 Å². The van der Waals surface area contributed by atoms with Gasteiger partial charge in [-0.15, -0.1) is 0 Å². The molecule has 44 valence electrons. The molecule has 0 aliphatic rings. The summed E-state index contributed by atoms with van der Waals surface area (Å²) in [7, 11) is 0. The molecule has 0 aliphatic carbocycles. The summed E-state index contributed by atoms with van der Waals surface area (Å²) in [6, 6.07) is 0. The molecule has 0 saturated heterocycles. The molecule has 0 heterocycles. The van der Waals surface area contributed by atoms with Crippen LogP contribution in [0.1, 0.15) is 0 Å². The Morgan fingerprint density at radius 2 is 1.88 bits per heavy atom. The number of carboxylic acids is 1. The van der Waals surface area contributed by atoms with Crippen LogP contribution >= 0.6 is 0 Å². The summed E-state index contributed by atoms with van der Waals surface area (Å²) in [5.41, 5.74) is 0. The van der Waals surface area contributed by atoms with Gasteiger partial charge < -0.3 is 5.11 Å². The van der Waals surface area contributed by atoms with Crippen LogP contribution in [-0.2, 0) is 4.79 Å². The molecule has 0 aromatic rings. The number of carbonyl (C=O) groups is 1. The Kier molecular flexibility index (Phi) is 14.7. The summed E-state index contributed by atoms with van der Waals surface area (Å²) in [6.45, 7) is 2.96. The molecule has 3 heteroatoms. The predicted octanol–water partition coefficient (Wildman–Crippen LogP) is 1.04. The van der Waals surface area contributed by atoms with Gasteiger partial charge in [0.05, 0.1) is 0 Å². The van der Waals surface area contributed by atoms with Gasteiger partial charge in [0.2, 0.25) is 0 Å². The monoisotopic (exact) mass is 142 g/mol. The van der Waals surface area contributed by atoms with E-state index >= 15 is 0 Å². The van der Waals surface area contributed by atoms with Crippen LogP contribution in [0.4, 0.5) is 0 Å². The SMILES string of the molecule is C=CC(=O)O.[CH3][Ca][CH3]. The van der Waals surface area contributed by atoms with Gasteiger partial charge in [-0.25, -0.2) is 4.79 Å². The van der Waals surface area contributed by atoms with Gasteiger partial charge in [0, 0.05) is 6.08 Å². The summed E-state index contributed by atoms with van der Waals surface area (Å²) in [4.78, 5) is 9.25. The molecule has 8 heavy (non-hydrogen) atoms. The summed E-state index contributed by atoms with van der Waals surface area (Å²) in [5, 5.41) is 7.60. The van der Waals surface area contributed by atoms with Crippen LogP contribution in [0.5, 0.6) is 0 Å². The molecule has 0 unspecified atom stereocenters. The summed E-state index contributed by atoms with van der Waals surface area (Å²) in [5.74, 6) is -0.981. The summed E-state index contributed by atoms with van der Waals surface area (Å²) in [6.07, 6.45) is 0.833. The Morgan fingerprint density at radius 3 is 1.88 bits per heavy atom. The zero-order valence-electron chi connectivity index (χ0n) is 5.35. The van der Waals surface area contributed by atoms with Crippen LogP contribution in [-0.4, -0.2) is 44.9 Å². The first-order valence-electron chi connectivity index (χ1n) is 2.54. The molecule has 0 radical (unpaired) electrons. The molecular weight excluding hydrogens is 132 g/mol. The molecule has 0 amide bonds. The molecule has 1 N–H and O–H groups in total. The number of carboxylic acid groups (broad SMARTS) is 1. The van der Waals surface area contributed by atoms with Crippen LogP contribution in [0.25, 0.3) is 0 Å². The van der Waals surface area contributed by atoms with Crippen molar-refractivity contribution in [1.82, 2.24) is 0 Å². The third-order valence-electron chi connectivity index (χ3n) is 0.175. The Labute approximate surface area is 67.9 Å². The Morgan fingerprint density at radius 1 is 1.75 bits per heavy atom. The summed E-state index contributed by atoms with van der Waals surface area (Å²) >= 11 is 0.125. The van der Waals surface area contributed by atoms with Crippen molar-refractivity contribution in [3.63, 3.8) is 0 Å². The second kappa shape index (κ2) is 10.5. The Bertz CT molecular complexity index is 70.8. The second-order valence-electron chi connectivity index (χ2n) is 1.25. The average molecular weight is 142 g/mol. The molecule has 0 aliphatic heterocycles. The first-order valence-corrected chi connectivity index (χ1v) is 6.96. The van der Waals surface area contributed by atoms with Gasteiger partial charge >= 0.3 is 45.8 Å². The van der Waals surface area contributed by atoms with E-state index < -0.39 is 5.97 Å². The first kappa shape index (κ1) is 11.3. The third-order valence-corrected chi connectivity index (χ3v) is 0.175. The molecule has 0 spiro atoms. The van der Waals surface area contributed by atoms with Crippen molar-refractivity contribution in [1.29, 1.82) is 0 Å². The molecule has 0 atom stereocenters. The second-order valence-corrected chi connectivity index (χ2v) is 3.46. The maximum absolute atomic E-state index is 9.25. The van der Waals surface area contributed by atoms with Gasteiger partial charge in [-0.2, -0.15) is 0 Å². The average Bonchev–Trinajstić information content (AvgIpc) is 1.69. The van der Waals surface area contributed by atoms with E-state index in [9.17, 15) is 4.79 Å². The number of hydrogen-bond donors (Lipinski definition) is 1. The van der Waals surface area contributed by atoms with Gasteiger partial charge in [-0.05, 0) is 0 Å². The van der Waals surface area contributed by atoms with Crippen molar-refractivity contribution < 1.29 is 9.90 Å². The van der Waals surface area contributed by atoms with E-state index in [0.29, 0.717) is 0 Å². The van der Waals surface area contributed by atoms with E-state index in [0.717, 1.165) is 6.08 Å². The van der Waals surface area contributed by atoms with Crippen LogP contribution in [0, 0.1) is 0 Å². The zero-order chi connectivity index (χ0) is 6.99. The number of rotatable bonds is 1. The topological polar surface area (TPSA) is 37.3 Å². The number of hydrogen-bond acceptors (Lipinski definition) is 1. The molecule has 2 nitrogen and oxygen atoms in total. The predicted molar refractivity (Wildman–Crippen MR) is 35.3 cm³/mol. The van der Waals surface area contributed by atoms with Crippen molar-refractivity contribution >= 4 is 39.8 Å². The van der Waals surface area contributed by atoms with Gasteiger partial charge in [-0.3, -0.25) is 0 Å². The first-order chi connectivity index (χ1) is 3.68. The van der Waals surface area contributed by atoms with Crippen LogP contribution in [0.3, 0.4) is 0 Å². The zero-order valence-corrected chi connectivity index (χ0v) is 7.56. The fraction of sp³-hybridized carbons (Fsp3) is 0.400. The quantitative estimate of drug-likeness (QED) is 0.439. The maximum atomic E-state index is 9.25. The van der Waals surface area contributed by atoms with Crippen molar-refractivity contribution in [2.75, 3.05) is 0 Å². The van der Waals surface area contributed by atoms with E-state index in [1.165, 1.54) is 0 Å². The van der Waals surface area contributed by atoms with E-state index in [4.69, 9.17) is 5.11 Å². The van der Waals surface area contributed by atoms with Crippen LogP contribution in [0.2, 0.25) is 6.04 Å². The molecule has 0 bridgehead atoms. The minimum absolute atomic E-state index is 0.125.